The number of piperidine rings is 1. The van der Waals surface area contributed by atoms with Crippen LogP contribution in [0.1, 0.15) is 30.2 Å². The number of nitrogens with one attached hydrogen (secondary N) is 3. The number of rotatable bonds is 6. The normalized spacial score (nSPS) is 18.7. The van der Waals surface area contributed by atoms with Crippen molar-refractivity contribution in [2.24, 2.45) is 5.92 Å². The molecule has 2 aliphatic heterocycles. The number of halogens is 1. The summed E-state index contributed by atoms with van der Waals surface area (Å²) in [7, 11) is 0. The molecule has 2 fully saturated rings. The van der Waals surface area contributed by atoms with E-state index in [1.54, 1.807) is 6.07 Å². The lowest BCUT2D eigenvalue weighted by atomic mass is 9.97. The average Bonchev–Trinajstić information content (AvgIpc) is 2.94. The number of aromatic nitrogens is 2. The second kappa shape index (κ2) is 11.5. The monoisotopic (exact) mass is 507 g/mol. The number of anilines is 1. The molecule has 3 heterocycles. The van der Waals surface area contributed by atoms with Crippen LogP contribution in [0.15, 0.2) is 48.5 Å². The predicted octanol–water partition coefficient (Wildman–Crippen LogP) is 3.56. The maximum atomic E-state index is 12.8. The second-order valence-corrected chi connectivity index (χ2v) is 9.53. The largest absolute Gasteiger partial charge is 0.392 e. The van der Waals surface area contributed by atoms with Gasteiger partial charge in [0.1, 0.15) is 6.10 Å². The Labute approximate surface area is 215 Å². The molecular weight excluding hydrogens is 478 g/mol. The van der Waals surface area contributed by atoms with Crippen molar-refractivity contribution >= 4 is 23.2 Å². The Morgan fingerprint density at radius 1 is 1.06 bits per heavy atom. The van der Waals surface area contributed by atoms with Gasteiger partial charge in [0.2, 0.25) is 5.91 Å². The number of hydrogen-bond acceptors (Lipinski definition) is 7. The minimum absolute atomic E-state index is 0.0164. The van der Waals surface area contributed by atoms with Gasteiger partial charge >= 0.3 is 0 Å². The van der Waals surface area contributed by atoms with Gasteiger partial charge in [0.05, 0.1) is 24.6 Å². The highest BCUT2D eigenvalue weighted by Gasteiger charge is 2.22. The van der Waals surface area contributed by atoms with Crippen molar-refractivity contribution < 1.29 is 14.6 Å². The van der Waals surface area contributed by atoms with Gasteiger partial charge in [0, 0.05) is 40.8 Å². The summed E-state index contributed by atoms with van der Waals surface area (Å²) in [6, 6.07) is 15.0. The van der Waals surface area contributed by atoms with Crippen LogP contribution in [-0.2, 0) is 16.1 Å². The fraction of sp³-hybridized carbons (Fsp3) is 0.370. The minimum atomic E-state index is -0.202. The zero-order valence-electron chi connectivity index (χ0n) is 20.0. The number of morpholine rings is 1. The van der Waals surface area contributed by atoms with E-state index in [9.17, 15) is 9.90 Å². The number of aliphatic hydroxyl groups excluding tert-OH is 1. The maximum absolute atomic E-state index is 12.8. The molecule has 0 radical (unpaired) electrons. The molecule has 8 nitrogen and oxygen atoms in total. The Bertz CT molecular complexity index is 1230. The van der Waals surface area contributed by atoms with Gasteiger partial charge < -0.3 is 25.8 Å². The van der Waals surface area contributed by atoms with Crippen molar-refractivity contribution in [1.82, 2.24) is 20.6 Å². The van der Waals surface area contributed by atoms with Gasteiger partial charge in [-0.05, 0) is 61.8 Å². The molecule has 36 heavy (non-hydrogen) atoms. The molecule has 1 aromatic heterocycles. The van der Waals surface area contributed by atoms with Crippen LogP contribution in [0.4, 0.5) is 5.69 Å². The van der Waals surface area contributed by atoms with Crippen molar-refractivity contribution in [1.29, 1.82) is 0 Å². The van der Waals surface area contributed by atoms with Gasteiger partial charge in [-0.2, -0.15) is 0 Å². The summed E-state index contributed by atoms with van der Waals surface area (Å²) in [5.74, 6) is 0.598. The number of amides is 1. The molecule has 4 N–H and O–H groups in total. The quantitative estimate of drug-likeness (QED) is 0.404. The molecule has 9 heteroatoms. The van der Waals surface area contributed by atoms with Crippen molar-refractivity contribution in [3.05, 3.63) is 64.8 Å². The molecule has 3 aromatic rings. The first-order chi connectivity index (χ1) is 17.6. The van der Waals surface area contributed by atoms with Crippen LogP contribution in [0.2, 0.25) is 5.02 Å². The van der Waals surface area contributed by atoms with Crippen molar-refractivity contribution in [2.75, 3.05) is 38.1 Å². The Morgan fingerprint density at radius 2 is 1.92 bits per heavy atom. The molecule has 0 saturated carbocycles. The zero-order chi connectivity index (χ0) is 24.9. The third-order valence-electron chi connectivity index (χ3n) is 6.61. The van der Waals surface area contributed by atoms with Gasteiger partial charge in [0.15, 0.2) is 5.82 Å². The molecule has 2 saturated heterocycles. The summed E-state index contributed by atoms with van der Waals surface area (Å²) in [4.78, 5) is 22.5. The minimum Gasteiger partial charge on any atom is -0.392 e. The van der Waals surface area contributed by atoms with Crippen LogP contribution >= 0.6 is 11.6 Å². The highest BCUT2D eigenvalue weighted by atomic mass is 35.5. The van der Waals surface area contributed by atoms with E-state index >= 15 is 0 Å². The first-order valence-corrected chi connectivity index (χ1v) is 12.7. The third-order valence-corrected chi connectivity index (χ3v) is 6.98. The second-order valence-electron chi connectivity index (χ2n) is 9.12. The van der Waals surface area contributed by atoms with Gasteiger partial charge in [-0.3, -0.25) is 4.79 Å². The van der Waals surface area contributed by atoms with Crippen LogP contribution in [0, 0.1) is 5.92 Å². The lowest BCUT2D eigenvalue weighted by Gasteiger charge is -2.24. The topological polar surface area (TPSA) is 108 Å². The van der Waals surface area contributed by atoms with Gasteiger partial charge in [-0.25, -0.2) is 9.97 Å². The Morgan fingerprint density at radius 3 is 2.69 bits per heavy atom. The van der Waals surface area contributed by atoms with Crippen LogP contribution in [0.5, 0.6) is 0 Å². The Kier molecular flexibility index (Phi) is 7.89. The molecule has 5 rings (SSSR count). The molecule has 1 atom stereocenters. The van der Waals surface area contributed by atoms with E-state index in [0.717, 1.165) is 55.0 Å². The van der Waals surface area contributed by atoms with E-state index in [1.165, 1.54) is 0 Å². The molecule has 188 valence electrons. The maximum Gasteiger partial charge on any atom is 0.227 e. The zero-order valence-corrected chi connectivity index (χ0v) is 20.7. The SMILES string of the molecule is O=C(Nc1cccc(-c2nc(-c3ccc(Cl)c(CO)c3)cc(C3CNCCO3)n2)c1)C1CCNCC1. The van der Waals surface area contributed by atoms with E-state index in [1.807, 2.05) is 42.5 Å². The third kappa shape index (κ3) is 5.74. The fourth-order valence-electron chi connectivity index (χ4n) is 4.58. The van der Waals surface area contributed by atoms with Crippen LogP contribution in [0.25, 0.3) is 22.6 Å². The number of benzene rings is 2. The van der Waals surface area contributed by atoms with E-state index in [-0.39, 0.29) is 24.5 Å². The molecule has 2 aromatic carbocycles. The molecule has 0 aliphatic carbocycles. The summed E-state index contributed by atoms with van der Waals surface area (Å²) in [6.45, 7) is 3.63. The standard InChI is InChI=1S/C27H30ClN5O3/c28-22-5-4-18(12-20(22)16-34)23-14-24(25-15-30-10-11-36-25)33-26(32-23)19-2-1-3-21(13-19)31-27(35)17-6-8-29-9-7-17/h1-5,12-14,17,25,29-30,34H,6-11,15-16H2,(H,31,35). The molecule has 0 spiro atoms. The average molecular weight is 508 g/mol. The smallest absolute Gasteiger partial charge is 0.227 e. The molecule has 1 amide bonds. The lowest BCUT2D eigenvalue weighted by molar-refractivity contribution is -0.120. The van der Waals surface area contributed by atoms with Gasteiger partial charge in [-0.1, -0.05) is 29.8 Å². The van der Waals surface area contributed by atoms with Crippen LogP contribution in [0.3, 0.4) is 0 Å². The number of carbonyl (C=O) groups excluding carboxylic acids is 1. The van der Waals surface area contributed by atoms with E-state index < -0.39 is 0 Å². The molecule has 0 bridgehead atoms. The molecule has 2 aliphatic rings. The summed E-state index contributed by atoms with van der Waals surface area (Å²) >= 11 is 6.22. The van der Waals surface area contributed by atoms with Gasteiger partial charge in [-0.15, -0.1) is 0 Å². The van der Waals surface area contributed by atoms with Crippen molar-refractivity contribution in [3.8, 4) is 22.6 Å². The number of carbonyl (C=O) groups is 1. The van der Waals surface area contributed by atoms with Crippen molar-refractivity contribution in [2.45, 2.75) is 25.6 Å². The summed E-state index contributed by atoms with van der Waals surface area (Å²) in [6.07, 6.45) is 1.48. The number of aliphatic hydroxyl groups is 1. The van der Waals surface area contributed by atoms with E-state index in [2.05, 4.69) is 16.0 Å². The Balaban J connectivity index is 1.49. The first-order valence-electron chi connectivity index (χ1n) is 12.3. The van der Waals surface area contributed by atoms with Gasteiger partial charge in [0.25, 0.3) is 0 Å². The summed E-state index contributed by atoms with van der Waals surface area (Å²) in [5, 5.41) is 19.9. The predicted molar refractivity (Wildman–Crippen MR) is 140 cm³/mol. The number of ether oxygens (including phenoxy) is 1. The highest BCUT2D eigenvalue weighted by Crippen LogP contribution is 2.30. The van der Waals surface area contributed by atoms with Crippen LogP contribution in [-0.4, -0.2) is 53.8 Å². The number of hydrogen-bond donors (Lipinski definition) is 4. The summed E-state index contributed by atoms with van der Waals surface area (Å²) < 4.78 is 5.98. The summed E-state index contributed by atoms with van der Waals surface area (Å²) in [5.41, 5.74) is 4.45. The fourth-order valence-corrected chi connectivity index (χ4v) is 4.76. The first kappa shape index (κ1) is 24.8. The number of nitrogens with zero attached hydrogens (tertiary/aromatic N) is 2. The molecule has 1 unspecified atom stereocenters. The van der Waals surface area contributed by atoms with Crippen LogP contribution < -0.4 is 16.0 Å². The van der Waals surface area contributed by atoms with E-state index in [0.29, 0.717) is 35.3 Å². The lowest BCUT2D eigenvalue weighted by Crippen LogP contribution is -2.34. The molecular formula is C27H30ClN5O3. The van der Waals surface area contributed by atoms with E-state index in [4.69, 9.17) is 26.3 Å². The highest BCUT2D eigenvalue weighted by molar-refractivity contribution is 6.31. The Hall–Kier alpha value is -2.88. The van der Waals surface area contributed by atoms with Crippen molar-refractivity contribution in [3.63, 3.8) is 0 Å².